The van der Waals surface area contributed by atoms with Crippen molar-refractivity contribution < 1.29 is 14.0 Å². The summed E-state index contributed by atoms with van der Waals surface area (Å²) in [6.45, 7) is 0. The lowest BCUT2D eigenvalue weighted by Crippen LogP contribution is -2.36. The number of rotatable bonds is 4. The van der Waals surface area contributed by atoms with Crippen LogP contribution >= 0.6 is 0 Å². The Labute approximate surface area is 145 Å². The molecule has 1 heterocycles. The zero-order valence-corrected chi connectivity index (χ0v) is 13.8. The summed E-state index contributed by atoms with van der Waals surface area (Å²) in [5, 5.41) is 5.58. The predicted molar refractivity (Wildman–Crippen MR) is 92.9 cm³/mol. The molecule has 1 fully saturated rings. The molecule has 25 heavy (non-hydrogen) atoms. The summed E-state index contributed by atoms with van der Waals surface area (Å²) in [7, 11) is 0. The largest absolute Gasteiger partial charge is 0.348 e. The Morgan fingerprint density at radius 2 is 1.84 bits per heavy atom. The van der Waals surface area contributed by atoms with Crippen LogP contribution in [-0.4, -0.2) is 22.8 Å². The van der Waals surface area contributed by atoms with Crippen molar-refractivity contribution in [3.63, 3.8) is 0 Å². The number of carbonyl (C=O) groups excluding carboxylic acids is 2. The third-order valence-electron chi connectivity index (χ3n) is 4.28. The predicted octanol–water partition coefficient (Wildman–Crippen LogP) is 3.54. The number of anilines is 1. The molecule has 2 N–H and O–H groups in total. The van der Waals surface area contributed by atoms with E-state index < -0.39 is 11.7 Å². The molecule has 1 aliphatic rings. The lowest BCUT2D eigenvalue weighted by Gasteiger charge is -2.22. The van der Waals surface area contributed by atoms with Gasteiger partial charge in [0.1, 0.15) is 11.5 Å². The summed E-state index contributed by atoms with van der Waals surface area (Å²) in [5.74, 6) is -1.12. The van der Waals surface area contributed by atoms with Crippen molar-refractivity contribution in [1.82, 2.24) is 10.3 Å². The van der Waals surface area contributed by atoms with Crippen LogP contribution in [0.3, 0.4) is 0 Å². The molecule has 6 heteroatoms. The van der Waals surface area contributed by atoms with E-state index in [0.717, 1.165) is 25.7 Å². The summed E-state index contributed by atoms with van der Waals surface area (Å²) in [6, 6.07) is 8.79. The Kier molecular flexibility index (Phi) is 5.38. The Hall–Kier alpha value is -2.76. The van der Waals surface area contributed by atoms with E-state index >= 15 is 0 Å². The average molecular weight is 341 g/mol. The van der Waals surface area contributed by atoms with Gasteiger partial charge in [-0.25, -0.2) is 4.39 Å². The monoisotopic (exact) mass is 341 g/mol. The van der Waals surface area contributed by atoms with Crippen molar-refractivity contribution in [3.8, 4) is 0 Å². The van der Waals surface area contributed by atoms with E-state index in [-0.39, 0.29) is 17.6 Å². The second kappa shape index (κ2) is 7.88. The molecule has 130 valence electrons. The number of halogens is 1. The highest BCUT2D eigenvalue weighted by molar-refractivity contribution is 6.05. The highest BCUT2D eigenvalue weighted by atomic mass is 19.1. The first-order valence-electron chi connectivity index (χ1n) is 8.45. The van der Waals surface area contributed by atoms with E-state index in [1.807, 2.05) is 0 Å². The zero-order valence-electron chi connectivity index (χ0n) is 13.8. The third-order valence-corrected chi connectivity index (χ3v) is 4.28. The number of benzene rings is 1. The molecule has 0 radical (unpaired) electrons. The van der Waals surface area contributed by atoms with Gasteiger partial charge < -0.3 is 10.6 Å². The third kappa shape index (κ3) is 4.62. The Morgan fingerprint density at radius 1 is 1.04 bits per heavy atom. The second-order valence-corrected chi connectivity index (χ2v) is 6.20. The van der Waals surface area contributed by atoms with Gasteiger partial charge in [0.25, 0.3) is 11.8 Å². The SMILES string of the molecule is O=C(Nc1cccc(F)c1)c1ccnc(C(=O)NC2CCCCC2)c1. The van der Waals surface area contributed by atoms with Crippen LogP contribution in [0.1, 0.15) is 53.0 Å². The van der Waals surface area contributed by atoms with Gasteiger partial charge in [0.15, 0.2) is 0 Å². The fourth-order valence-electron chi connectivity index (χ4n) is 2.97. The smallest absolute Gasteiger partial charge is 0.270 e. The van der Waals surface area contributed by atoms with Gasteiger partial charge in [-0.15, -0.1) is 0 Å². The zero-order chi connectivity index (χ0) is 17.6. The normalized spacial score (nSPS) is 14.8. The van der Waals surface area contributed by atoms with Crippen molar-refractivity contribution in [2.45, 2.75) is 38.1 Å². The van der Waals surface area contributed by atoms with E-state index in [9.17, 15) is 14.0 Å². The van der Waals surface area contributed by atoms with Crippen LogP contribution in [0.5, 0.6) is 0 Å². The van der Waals surface area contributed by atoms with Crippen LogP contribution in [0.4, 0.5) is 10.1 Å². The molecule has 0 saturated heterocycles. The van der Waals surface area contributed by atoms with Crippen LogP contribution in [-0.2, 0) is 0 Å². The topological polar surface area (TPSA) is 71.1 Å². The summed E-state index contributed by atoms with van der Waals surface area (Å²) >= 11 is 0. The number of nitrogens with zero attached hydrogens (tertiary/aromatic N) is 1. The molecule has 0 unspecified atom stereocenters. The molecular weight excluding hydrogens is 321 g/mol. The molecule has 0 aliphatic heterocycles. The van der Waals surface area contributed by atoms with Gasteiger partial charge in [-0.05, 0) is 43.2 Å². The molecule has 0 spiro atoms. The number of carbonyl (C=O) groups is 2. The molecule has 1 aromatic heterocycles. The summed E-state index contributed by atoms with van der Waals surface area (Å²) in [6.07, 6.45) is 6.83. The molecule has 0 atom stereocenters. The quantitative estimate of drug-likeness (QED) is 0.893. The maximum atomic E-state index is 13.2. The molecule has 5 nitrogen and oxygen atoms in total. The minimum absolute atomic E-state index is 0.174. The fraction of sp³-hybridized carbons (Fsp3) is 0.316. The number of hydrogen-bond donors (Lipinski definition) is 2. The van der Waals surface area contributed by atoms with E-state index in [2.05, 4.69) is 15.6 Å². The van der Waals surface area contributed by atoms with E-state index in [0.29, 0.717) is 11.3 Å². The lowest BCUT2D eigenvalue weighted by molar-refractivity contribution is 0.0922. The summed E-state index contributed by atoms with van der Waals surface area (Å²) in [5.41, 5.74) is 0.862. The molecule has 1 aliphatic carbocycles. The van der Waals surface area contributed by atoms with Crippen molar-refractivity contribution in [1.29, 1.82) is 0 Å². The number of amides is 2. The molecule has 0 bridgehead atoms. The first-order chi connectivity index (χ1) is 12.1. The van der Waals surface area contributed by atoms with Crippen LogP contribution in [0, 0.1) is 5.82 Å². The van der Waals surface area contributed by atoms with Crippen LogP contribution in [0.2, 0.25) is 0 Å². The van der Waals surface area contributed by atoms with Crippen molar-refractivity contribution >= 4 is 17.5 Å². The number of hydrogen-bond acceptors (Lipinski definition) is 3. The van der Waals surface area contributed by atoms with Gasteiger partial charge in [-0.3, -0.25) is 14.6 Å². The van der Waals surface area contributed by atoms with E-state index in [4.69, 9.17) is 0 Å². The van der Waals surface area contributed by atoms with Gasteiger partial charge in [0.2, 0.25) is 0 Å². The number of aromatic nitrogens is 1. The first-order valence-corrected chi connectivity index (χ1v) is 8.45. The maximum absolute atomic E-state index is 13.2. The molecule has 3 rings (SSSR count). The number of pyridine rings is 1. The van der Waals surface area contributed by atoms with Crippen molar-refractivity contribution in [2.75, 3.05) is 5.32 Å². The Bertz CT molecular complexity index is 773. The van der Waals surface area contributed by atoms with Crippen LogP contribution in [0.15, 0.2) is 42.6 Å². The van der Waals surface area contributed by atoms with Crippen LogP contribution in [0.25, 0.3) is 0 Å². The van der Waals surface area contributed by atoms with Gasteiger partial charge in [0, 0.05) is 23.5 Å². The molecular formula is C19H20FN3O2. The lowest BCUT2D eigenvalue weighted by atomic mass is 9.95. The first kappa shape index (κ1) is 17.1. The molecule has 1 aromatic carbocycles. The summed E-state index contributed by atoms with van der Waals surface area (Å²) < 4.78 is 13.2. The van der Waals surface area contributed by atoms with E-state index in [1.165, 1.54) is 42.9 Å². The molecule has 2 amide bonds. The minimum Gasteiger partial charge on any atom is -0.348 e. The maximum Gasteiger partial charge on any atom is 0.270 e. The Balaban J connectivity index is 1.67. The Morgan fingerprint density at radius 3 is 2.60 bits per heavy atom. The van der Waals surface area contributed by atoms with Gasteiger partial charge in [-0.1, -0.05) is 25.3 Å². The van der Waals surface area contributed by atoms with Crippen LogP contribution < -0.4 is 10.6 Å². The van der Waals surface area contributed by atoms with Gasteiger partial charge in [-0.2, -0.15) is 0 Å². The standard InChI is InChI=1S/C19H20FN3O2/c20-14-5-4-8-16(12-14)23-18(24)13-9-10-21-17(11-13)19(25)22-15-6-2-1-3-7-15/h4-5,8-12,15H,1-3,6-7H2,(H,22,25)(H,23,24). The summed E-state index contributed by atoms with van der Waals surface area (Å²) in [4.78, 5) is 28.7. The highest BCUT2D eigenvalue weighted by Gasteiger charge is 2.18. The van der Waals surface area contributed by atoms with Crippen molar-refractivity contribution in [2.24, 2.45) is 0 Å². The highest BCUT2D eigenvalue weighted by Crippen LogP contribution is 2.18. The average Bonchev–Trinajstić information content (AvgIpc) is 2.62. The molecule has 1 saturated carbocycles. The van der Waals surface area contributed by atoms with Gasteiger partial charge in [0.05, 0.1) is 0 Å². The fourth-order valence-corrected chi connectivity index (χ4v) is 2.97. The minimum atomic E-state index is -0.430. The van der Waals surface area contributed by atoms with Gasteiger partial charge >= 0.3 is 0 Å². The molecule has 2 aromatic rings. The van der Waals surface area contributed by atoms with E-state index in [1.54, 1.807) is 6.07 Å². The van der Waals surface area contributed by atoms with Crippen molar-refractivity contribution in [3.05, 3.63) is 59.7 Å². The number of nitrogens with one attached hydrogen (secondary N) is 2. The second-order valence-electron chi connectivity index (χ2n) is 6.20.